The maximum atomic E-state index is 13.3. The number of hydrogen-bond donors (Lipinski definition) is 1. The zero-order valence-electron chi connectivity index (χ0n) is 16.7. The van der Waals surface area contributed by atoms with Crippen LogP contribution in [0, 0.1) is 24.2 Å². The van der Waals surface area contributed by atoms with Crippen LogP contribution in [0.3, 0.4) is 0 Å². The van der Waals surface area contributed by atoms with Crippen LogP contribution in [0.15, 0.2) is 59.3 Å². The van der Waals surface area contributed by atoms with Crippen molar-refractivity contribution in [3.63, 3.8) is 0 Å². The number of carbonyl (C=O) groups is 2. The average Bonchev–Trinajstić information content (AvgIpc) is 3.41. The molecule has 1 aliphatic heterocycles. The summed E-state index contributed by atoms with van der Waals surface area (Å²) in [6.45, 7) is 2.54. The molecular formula is C23H22N4O3. The van der Waals surface area contributed by atoms with Crippen LogP contribution < -0.4 is 5.32 Å². The second-order valence-electron chi connectivity index (χ2n) is 7.36. The molecule has 2 aromatic heterocycles. The molecule has 7 heteroatoms. The molecular weight excluding hydrogens is 380 g/mol. The number of nitriles is 1. The number of aryl methyl sites for hydroxylation is 1. The third kappa shape index (κ3) is 3.72. The molecule has 0 aliphatic carbocycles. The number of piperidine rings is 1. The molecule has 1 aliphatic rings. The van der Waals surface area contributed by atoms with Gasteiger partial charge in [-0.2, -0.15) is 5.26 Å². The number of hydrogen-bond acceptors (Lipinski definition) is 4. The van der Waals surface area contributed by atoms with Gasteiger partial charge in [0, 0.05) is 31.2 Å². The Kier molecular flexibility index (Phi) is 5.40. The molecule has 1 atom stereocenters. The molecule has 1 N–H and O–H groups in total. The predicted molar refractivity (Wildman–Crippen MR) is 111 cm³/mol. The summed E-state index contributed by atoms with van der Waals surface area (Å²) in [6.07, 6.45) is 4.96. The van der Waals surface area contributed by atoms with Gasteiger partial charge in [0.2, 0.25) is 11.8 Å². The third-order valence-electron chi connectivity index (χ3n) is 5.35. The van der Waals surface area contributed by atoms with E-state index in [9.17, 15) is 14.9 Å². The molecule has 0 saturated carbocycles. The zero-order valence-corrected chi connectivity index (χ0v) is 16.7. The number of likely N-dealkylation sites (tertiary alicyclic amines) is 1. The lowest BCUT2D eigenvalue weighted by Crippen LogP contribution is -2.44. The van der Waals surface area contributed by atoms with Crippen molar-refractivity contribution < 1.29 is 14.0 Å². The van der Waals surface area contributed by atoms with Gasteiger partial charge in [-0.05, 0) is 44.0 Å². The van der Waals surface area contributed by atoms with Gasteiger partial charge in [0.25, 0.3) is 5.91 Å². The SMILES string of the molecule is Cc1oc(-n2cccc2)c(C#N)c1C(=O)N1CCC[C@@H](C(=O)Nc2ccccc2)C1. The molecule has 30 heavy (non-hydrogen) atoms. The maximum absolute atomic E-state index is 13.3. The number of nitrogens with one attached hydrogen (secondary N) is 1. The van der Waals surface area contributed by atoms with Crippen LogP contribution in [-0.2, 0) is 4.79 Å². The van der Waals surface area contributed by atoms with Gasteiger partial charge in [-0.15, -0.1) is 0 Å². The molecule has 152 valence electrons. The number of furan rings is 1. The molecule has 3 heterocycles. The first-order valence-electron chi connectivity index (χ1n) is 9.90. The number of nitrogens with zero attached hydrogens (tertiary/aromatic N) is 3. The minimum Gasteiger partial charge on any atom is -0.443 e. The van der Waals surface area contributed by atoms with Gasteiger partial charge >= 0.3 is 0 Å². The van der Waals surface area contributed by atoms with Crippen LogP contribution in [0.25, 0.3) is 5.88 Å². The first kappa shape index (κ1) is 19.5. The molecule has 2 amide bonds. The van der Waals surface area contributed by atoms with Crippen LogP contribution in [0.1, 0.15) is 34.5 Å². The lowest BCUT2D eigenvalue weighted by molar-refractivity contribution is -0.121. The van der Waals surface area contributed by atoms with Gasteiger partial charge in [-0.1, -0.05) is 18.2 Å². The smallest absolute Gasteiger partial charge is 0.258 e. The second kappa shape index (κ2) is 8.29. The number of rotatable bonds is 4. The van der Waals surface area contributed by atoms with E-state index in [0.717, 1.165) is 12.1 Å². The van der Waals surface area contributed by atoms with Crippen LogP contribution in [-0.4, -0.2) is 34.4 Å². The Morgan fingerprint density at radius 1 is 1.17 bits per heavy atom. The highest BCUT2D eigenvalue weighted by atomic mass is 16.4. The molecule has 0 radical (unpaired) electrons. The predicted octanol–water partition coefficient (Wildman–Crippen LogP) is 3.74. The summed E-state index contributed by atoms with van der Waals surface area (Å²) < 4.78 is 7.44. The Balaban J connectivity index is 1.54. The minimum atomic E-state index is -0.301. The summed E-state index contributed by atoms with van der Waals surface area (Å²) in [6, 6.07) is 15.0. The van der Waals surface area contributed by atoms with Crippen molar-refractivity contribution in [3.05, 3.63) is 71.7 Å². The Hall–Kier alpha value is -3.79. The van der Waals surface area contributed by atoms with E-state index in [-0.39, 0.29) is 28.9 Å². The van der Waals surface area contributed by atoms with Crippen LogP contribution >= 0.6 is 0 Å². The van der Waals surface area contributed by atoms with Crippen LogP contribution in [0.2, 0.25) is 0 Å². The van der Waals surface area contributed by atoms with Crippen LogP contribution in [0.4, 0.5) is 5.69 Å². The first-order chi connectivity index (χ1) is 14.6. The Morgan fingerprint density at radius 2 is 1.90 bits per heavy atom. The van der Waals surface area contributed by atoms with Crippen molar-refractivity contribution in [2.75, 3.05) is 18.4 Å². The van der Waals surface area contributed by atoms with Gasteiger partial charge in [-0.3, -0.25) is 14.2 Å². The highest BCUT2D eigenvalue weighted by Gasteiger charge is 2.33. The largest absolute Gasteiger partial charge is 0.443 e. The average molecular weight is 402 g/mol. The van der Waals surface area contributed by atoms with Gasteiger partial charge in [0.1, 0.15) is 23.0 Å². The molecule has 0 bridgehead atoms. The number of amides is 2. The van der Waals surface area contributed by atoms with E-state index >= 15 is 0 Å². The Labute approximate surface area is 174 Å². The molecule has 4 rings (SSSR count). The normalized spacial score (nSPS) is 16.1. The fraction of sp³-hybridized carbons (Fsp3) is 0.261. The number of carbonyl (C=O) groups excluding carboxylic acids is 2. The van der Waals surface area contributed by atoms with E-state index in [0.29, 0.717) is 31.2 Å². The minimum absolute atomic E-state index is 0.101. The van der Waals surface area contributed by atoms with E-state index in [1.165, 1.54) is 0 Å². The summed E-state index contributed by atoms with van der Waals surface area (Å²) in [7, 11) is 0. The molecule has 1 aromatic carbocycles. The van der Waals surface area contributed by atoms with Gasteiger partial charge in [0.15, 0.2) is 0 Å². The highest BCUT2D eigenvalue weighted by molar-refractivity contribution is 5.99. The van der Waals surface area contributed by atoms with Crippen molar-refractivity contribution >= 4 is 17.5 Å². The van der Waals surface area contributed by atoms with Crippen molar-refractivity contribution in [2.24, 2.45) is 5.92 Å². The summed E-state index contributed by atoms with van der Waals surface area (Å²) >= 11 is 0. The zero-order chi connectivity index (χ0) is 21.1. The third-order valence-corrected chi connectivity index (χ3v) is 5.35. The van der Waals surface area contributed by atoms with E-state index in [1.54, 1.807) is 28.8 Å². The molecule has 3 aromatic rings. The number of anilines is 1. The van der Waals surface area contributed by atoms with Crippen molar-refractivity contribution in [3.8, 4) is 12.0 Å². The van der Waals surface area contributed by atoms with Gasteiger partial charge < -0.3 is 14.6 Å². The monoisotopic (exact) mass is 402 g/mol. The van der Waals surface area contributed by atoms with E-state index < -0.39 is 0 Å². The van der Waals surface area contributed by atoms with Gasteiger partial charge in [0.05, 0.1) is 5.92 Å². The number of benzene rings is 1. The molecule has 0 unspecified atom stereocenters. The Morgan fingerprint density at radius 3 is 2.60 bits per heavy atom. The summed E-state index contributed by atoms with van der Waals surface area (Å²) in [4.78, 5) is 27.6. The molecule has 0 spiro atoms. The lowest BCUT2D eigenvalue weighted by atomic mass is 9.96. The molecule has 1 saturated heterocycles. The number of aromatic nitrogens is 1. The van der Waals surface area contributed by atoms with E-state index in [4.69, 9.17) is 4.42 Å². The van der Waals surface area contributed by atoms with Gasteiger partial charge in [-0.25, -0.2) is 0 Å². The first-order valence-corrected chi connectivity index (χ1v) is 9.90. The molecule has 7 nitrogen and oxygen atoms in total. The number of para-hydroxylation sites is 1. The topological polar surface area (TPSA) is 91.3 Å². The second-order valence-corrected chi connectivity index (χ2v) is 7.36. The lowest BCUT2D eigenvalue weighted by Gasteiger charge is -2.32. The van der Waals surface area contributed by atoms with Crippen LogP contribution in [0.5, 0.6) is 0 Å². The van der Waals surface area contributed by atoms with E-state index in [2.05, 4.69) is 11.4 Å². The fourth-order valence-electron chi connectivity index (χ4n) is 3.84. The standard InChI is InChI=1S/C23H22N4O3/c1-16-20(19(14-24)23(30-16)26-11-5-6-12-26)22(29)27-13-7-8-17(15-27)21(28)25-18-9-3-2-4-10-18/h2-6,9-12,17H,7-8,13,15H2,1H3,(H,25,28)/t17-/m1/s1. The Bertz CT molecular complexity index is 1090. The highest BCUT2D eigenvalue weighted by Crippen LogP contribution is 2.28. The maximum Gasteiger partial charge on any atom is 0.258 e. The summed E-state index contributed by atoms with van der Waals surface area (Å²) in [5.74, 6) is 0.0546. The van der Waals surface area contributed by atoms with Crippen molar-refractivity contribution in [1.29, 1.82) is 5.26 Å². The van der Waals surface area contributed by atoms with Crippen molar-refractivity contribution in [1.82, 2.24) is 9.47 Å². The quantitative estimate of drug-likeness (QED) is 0.720. The fourth-order valence-corrected chi connectivity index (χ4v) is 3.84. The van der Waals surface area contributed by atoms with Crippen molar-refractivity contribution in [2.45, 2.75) is 19.8 Å². The van der Waals surface area contributed by atoms with E-state index in [1.807, 2.05) is 42.5 Å². The summed E-state index contributed by atoms with van der Waals surface area (Å²) in [5, 5.41) is 12.6. The molecule has 1 fully saturated rings. The summed E-state index contributed by atoms with van der Waals surface area (Å²) in [5.41, 5.74) is 1.22.